The molecule has 0 N–H and O–H groups in total. The molecule has 0 aliphatic carbocycles. The fourth-order valence-electron chi connectivity index (χ4n) is 1.62. The number of imidazole rings is 1. The van der Waals surface area contributed by atoms with Gasteiger partial charge in [-0.1, -0.05) is 18.2 Å². The zero-order valence-corrected chi connectivity index (χ0v) is 9.88. The molecule has 0 atom stereocenters. The van der Waals surface area contributed by atoms with Crippen LogP contribution in [0.5, 0.6) is 0 Å². The number of ether oxygens (including phenoxy) is 1. The Morgan fingerprint density at radius 3 is 2.71 bits per heavy atom. The minimum atomic E-state index is -0.399. The second-order valence-corrected chi connectivity index (χ2v) is 3.63. The molecule has 17 heavy (non-hydrogen) atoms. The molecule has 0 aliphatic heterocycles. The van der Waals surface area contributed by atoms with Crippen molar-refractivity contribution in [2.75, 3.05) is 6.61 Å². The van der Waals surface area contributed by atoms with Gasteiger partial charge in [-0.2, -0.15) is 0 Å². The highest BCUT2D eigenvalue weighted by Crippen LogP contribution is 2.13. The fraction of sp³-hybridized carbons (Fsp3) is 0.231. The van der Waals surface area contributed by atoms with Crippen molar-refractivity contribution in [1.29, 1.82) is 0 Å². The van der Waals surface area contributed by atoms with E-state index in [0.717, 1.165) is 11.4 Å². The maximum atomic E-state index is 11.7. The van der Waals surface area contributed by atoms with Crippen molar-refractivity contribution in [3.8, 4) is 5.69 Å². The van der Waals surface area contributed by atoms with E-state index in [4.69, 9.17) is 4.74 Å². The van der Waals surface area contributed by atoms with Gasteiger partial charge in [-0.05, 0) is 26.0 Å². The normalized spacial score (nSPS) is 10.2. The average Bonchev–Trinajstić information content (AvgIpc) is 2.73. The van der Waals surface area contributed by atoms with Crippen LogP contribution in [-0.4, -0.2) is 22.1 Å². The van der Waals surface area contributed by atoms with Gasteiger partial charge in [0.05, 0.1) is 12.3 Å². The van der Waals surface area contributed by atoms with Crippen molar-refractivity contribution in [2.24, 2.45) is 0 Å². The van der Waals surface area contributed by atoms with Gasteiger partial charge in [-0.25, -0.2) is 9.78 Å². The van der Waals surface area contributed by atoms with Crippen LogP contribution >= 0.6 is 0 Å². The largest absolute Gasteiger partial charge is 0.460 e. The second kappa shape index (κ2) is 4.82. The first kappa shape index (κ1) is 11.4. The first-order valence-electron chi connectivity index (χ1n) is 5.51. The fourth-order valence-corrected chi connectivity index (χ4v) is 1.62. The number of carbonyl (C=O) groups is 1. The number of aromatic nitrogens is 2. The maximum absolute atomic E-state index is 11.7. The molecular weight excluding hydrogens is 216 g/mol. The van der Waals surface area contributed by atoms with Crippen LogP contribution in [0, 0.1) is 6.92 Å². The number of esters is 1. The van der Waals surface area contributed by atoms with Crippen molar-refractivity contribution in [3.63, 3.8) is 0 Å². The molecule has 4 nitrogen and oxygen atoms in total. The molecule has 2 aromatic rings. The number of carbonyl (C=O) groups excluding carboxylic acids is 1. The van der Waals surface area contributed by atoms with Crippen LogP contribution in [0.25, 0.3) is 5.69 Å². The molecule has 0 amide bonds. The van der Waals surface area contributed by atoms with Crippen molar-refractivity contribution in [3.05, 3.63) is 48.0 Å². The summed E-state index contributed by atoms with van der Waals surface area (Å²) in [5, 5.41) is 0. The Morgan fingerprint density at radius 2 is 2.06 bits per heavy atom. The zero-order chi connectivity index (χ0) is 12.3. The van der Waals surface area contributed by atoms with Crippen molar-refractivity contribution in [1.82, 2.24) is 9.55 Å². The van der Waals surface area contributed by atoms with Crippen LogP contribution in [-0.2, 0) is 4.74 Å². The Balaban J connectivity index is 2.44. The Kier molecular flexibility index (Phi) is 3.23. The van der Waals surface area contributed by atoms with Gasteiger partial charge in [0.2, 0.25) is 5.82 Å². The average molecular weight is 230 g/mol. The number of hydrogen-bond acceptors (Lipinski definition) is 3. The molecule has 1 heterocycles. The standard InChI is InChI=1S/C13H14N2O2/c1-3-17-13(16)12-14-10(2)9-15(12)11-7-5-4-6-8-11/h4-9H,3H2,1-2H3. The Bertz CT molecular complexity index is 517. The number of para-hydroxylation sites is 1. The zero-order valence-electron chi connectivity index (χ0n) is 9.88. The Labute approximate surface area is 99.9 Å². The first-order chi connectivity index (χ1) is 8.22. The summed E-state index contributed by atoms with van der Waals surface area (Å²) < 4.78 is 6.72. The highest BCUT2D eigenvalue weighted by molar-refractivity contribution is 5.86. The van der Waals surface area contributed by atoms with E-state index in [1.807, 2.05) is 43.5 Å². The Hall–Kier alpha value is -2.10. The van der Waals surface area contributed by atoms with Gasteiger partial charge in [0.1, 0.15) is 0 Å². The molecule has 0 unspecified atom stereocenters. The van der Waals surface area contributed by atoms with Gasteiger partial charge in [-0.3, -0.25) is 4.57 Å². The van der Waals surface area contributed by atoms with Gasteiger partial charge < -0.3 is 4.74 Å². The third-order valence-electron chi connectivity index (χ3n) is 2.32. The van der Waals surface area contributed by atoms with Crippen molar-refractivity contribution >= 4 is 5.97 Å². The SMILES string of the molecule is CCOC(=O)c1nc(C)cn1-c1ccccc1. The van der Waals surface area contributed by atoms with Crippen molar-refractivity contribution < 1.29 is 9.53 Å². The summed E-state index contributed by atoms with van der Waals surface area (Å²) >= 11 is 0. The number of hydrogen-bond donors (Lipinski definition) is 0. The lowest BCUT2D eigenvalue weighted by Crippen LogP contribution is -2.12. The molecule has 0 saturated heterocycles. The van der Waals surface area contributed by atoms with E-state index >= 15 is 0 Å². The quantitative estimate of drug-likeness (QED) is 0.760. The highest BCUT2D eigenvalue weighted by Gasteiger charge is 2.16. The third kappa shape index (κ3) is 2.36. The van der Waals surface area contributed by atoms with Gasteiger partial charge in [0.25, 0.3) is 0 Å². The number of benzene rings is 1. The maximum Gasteiger partial charge on any atom is 0.374 e. The van der Waals surface area contributed by atoms with E-state index in [1.165, 1.54) is 0 Å². The second-order valence-electron chi connectivity index (χ2n) is 3.63. The van der Waals surface area contributed by atoms with Crippen LogP contribution in [0.1, 0.15) is 23.2 Å². The van der Waals surface area contributed by atoms with Crippen molar-refractivity contribution in [2.45, 2.75) is 13.8 Å². The molecule has 0 fully saturated rings. The molecule has 0 bridgehead atoms. The Morgan fingerprint density at radius 1 is 1.35 bits per heavy atom. The van der Waals surface area contributed by atoms with E-state index in [9.17, 15) is 4.79 Å². The molecule has 1 aromatic carbocycles. The first-order valence-corrected chi connectivity index (χ1v) is 5.51. The number of nitrogens with zero attached hydrogens (tertiary/aromatic N) is 2. The predicted octanol–water partition coefficient (Wildman–Crippen LogP) is 2.36. The van der Waals surface area contributed by atoms with Crippen LogP contribution in [0.4, 0.5) is 0 Å². The van der Waals surface area contributed by atoms with E-state index in [2.05, 4.69) is 4.98 Å². The van der Waals surface area contributed by atoms with Crippen LogP contribution in [0.2, 0.25) is 0 Å². The molecule has 0 saturated carbocycles. The summed E-state index contributed by atoms with van der Waals surface area (Å²) in [6.07, 6.45) is 1.82. The molecule has 88 valence electrons. The van der Waals surface area contributed by atoms with E-state index in [0.29, 0.717) is 12.4 Å². The molecule has 1 aromatic heterocycles. The smallest absolute Gasteiger partial charge is 0.374 e. The van der Waals surface area contributed by atoms with E-state index in [1.54, 1.807) is 11.5 Å². The van der Waals surface area contributed by atoms with E-state index < -0.39 is 5.97 Å². The summed E-state index contributed by atoms with van der Waals surface area (Å²) in [5.74, 6) is -0.0833. The summed E-state index contributed by atoms with van der Waals surface area (Å²) in [4.78, 5) is 15.9. The highest BCUT2D eigenvalue weighted by atomic mass is 16.5. The molecule has 2 rings (SSSR count). The lowest BCUT2D eigenvalue weighted by Gasteiger charge is -2.06. The monoisotopic (exact) mass is 230 g/mol. The van der Waals surface area contributed by atoms with Crippen LogP contribution in [0.15, 0.2) is 36.5 Å². The molecule has 4 heteroatoms. The summed E-state index contributed by atoms with van der Waals surface area (Å²) in [6.45, 7) is 3.97. The van der Waals surface area contributed by atoms with E-state index in [-0.39, 0.29) is 0 Å². The minimum Gasteiger partial charge on any atom is -0.460 e. The van der Waals surface area contributed by atoms with Gasteiger partial charge in [0, 0.05) is 11.9 Å². The summed E-state index contributed by atoms with van der Waals surface area (Å²) in [5.41, 5.74) is 1.69. The van der Waals surface area contributed by atoms with Gasteiger partial charge in [-0.15, -0.1) is 0 Å². The van der Waals surface area contributed by atoms with Crippen LogP contribution < -0.4 is 0 Å². The lowest BCUT2D eigenvalue weighted by molar-refractivity contribution is 0.0509. The summed E-state index contributed by atoms with van der Waals surface area (Å²) in [7, 11) is 0. The number of aryl methyl sites for hydroxylation is 1. The summed E-state index contributed by atoms with van der Waals surface area (Å²) in [6, 6.07) is 9.60. The molecule has 0 radical (unpaired) electrons. The van der Waals surface area contributed by atoms with Gasteiger partial charge in [0.15, 0.2) is 0 Å². The molecule has 0 spiro atoms. The van der Waals surface area contributed by atoms with Crippen LogP contribution in [0.3, 0.4) is 0 Å². The van der Waals surface area contributed by atoms with Gasteiger partial charge >= 0.3 is 5.97 Å². The number of rotatable bonds is 3. The lowest BCUT2D eigenvalue weighted by atomic mass is 10.3. The topological polar surface area (TPSA) is 44.1 Å². The third-order valence-corrected chi connectivity index (χ3v) is 2.32. The minimum absolute atomic E-state index is 0.315. The molecular formula is C13H14N2O2. The predicted molar refractivity (Wildman–Crippen MR) is 64.3 cm³/mol. The molecule has 0 aliphatic rings.